The number of nitrogens with zero attached hydrogens (tertiary/aromatic N) is 5. The molecule has 2 aliphatic rings. The molecular weight excluding hydrogens is 454 g/mol. The Morgan fingerprint density at radius 3 is 2.58 bits per heavy atom. The number of imide groups is 1. The maximum Gasteiger partial charge on any atom is 0.280 e. The van der Waals surface area contributed by atoms with Gasteiger partial charge in [0.2, 0.25) is 11.8 Å². The monoisotopic (exact) mass is 474 g/mol. The summed E-state index contributed by atoms with van der Waals surface area (Å²) in [5.41, 5.74) is 1.62. The summed E-state index contributed by atoms with van der Waals surface area (Å²) in [4.78, 5) is 31.9. The van der Waals surface area contributed by atoms with E-state index in [2.05, 4.69) is 20.3 Å². The normalized spacial score (nSPS) is 19.5. The van der Waals surface area contributed by atoms with E-state index in [-0.39, 0.29) is 23.9 Å². The number of piperazine rings is 1. The average molecular weight is 475 g/mol. The van der Waals surface area contributed by atoms with Gasteiger partial charge in [-0.15, -0.1) is 0 Å². The molecule has 2 aliphatic heterocycles. The summed E-state index contributed by atoms with van der Waals surface area (Å²) in [7, 11) is 0. The number of benzene rings is 1. The van der Waals surface area contributed by atoms with Gasteiger partial charge in [0.15, 0.2) is 5.65 Å². The van der Waals surface area contributed by atoms with Crippen LogP contribution in [0.3, 0.4) is 0 Å². The van der Waals surface area contributed by atoms with Crippen molar-refractivity contribution in [2.24, 2.45) is 0 Å². The summed E-state index contributed by atoms with van der Waals surface area (Å²) >= 11 is 6.72. The smallest absolute Gasteiger partial charge is 0.280 e. The highest BCUT2D eigenvalue weighted by Crippen LogP contribution is 2.37. The molecule has 1 unspecified atom stereocenters. The zero-order valence-corrected chi connectivity index (χ0v) is 18.3. The number of carbonyl (C=O) groups is 2. The Balaban J connectivity index is 1.36. The average Bonchev–Trinajstić information content (AvgIpc) is 3.28. The number of alkyl halides is 2. The van der Waals surface area contributed by atoms with Crippen LogP contribution >= 0.6 is 11.6 Å². The second-order valence-corrected chi connectivity index (χ2v) is 8.48. The Morgan fingerprint density at radius 1 is 1.09 bits per heavy atom. The minimum atomic E-state index is -2.67. The Kier molecular flexibility index (Phi) is 5.61. The van der Waals surface area contributed by atoms with Gasteiger partial charge in [-0.3, -0.25) is 14.9 Å². The third-order valence-electron chi connectivity index (χ3n) is 6.15. The lowest BCUT2D eigenvalue weighted by Gasteiger charge is -2.38. The van der Waals surface area contributed by atoms with E-state index in [0.29, 0.717) is 54.7 Å². The highest BCUT2D eigenvalue weighted by molar-refractivity contribution is 6.34. The summed E-state index contributed by atoms with van der Waals surface area (Å²) < 4.78 is 28.2. The van der Waals surface area contributed by atoms with Crippen molar-refractivity contribution in [2.75, 3.05) is 36.0 Å². The molecule has 5 rings (SSSR count). The third kappa shape index (κ3) is 3.99. The first-order valence-corrected chi connectivity index (χ1v) is 11.0. The number of carbonyl (C=O) groups excluding carboxylic acids is 2. The van der Waals surface area contributed by atoms with Crippen molar-refractivity contribution in [1.82, 2.24) is 19.9 Å². The summed E-state index contributed by atoms with van der Waals surface area (Å²) in [5.74, 6) is -0.486. The number of amides is 2. The fraction of sp³-hybridized carbons (Fsp3) is 0.364. The molecular formula is C22H21ClF2N6O2. The van der Waals surface area contributed by atoms with Gasteiger partial charge in [-0.25, -0.2) is 13.8 Å². The van der Waals surface area contributed by atoms with Crippen molar-refractivity contribution in [3.8, 4) is 0 Å². The molecule has 0 radical (unpaired) electrons. The fourth-order valence-corrected chi connectivity index (χ4v) is 4.85. The van der Waals surface area contributed by atoms with Crippen LogP contribution < -0.4 is 15.1 Å². The minimum absolute atomic E-state index is 0.267. The van der Waals surface area contributed by atoms with Gasteiger partial charge in [-0.05, 0) is 18.1 Å². The summed E-state index contributed by atoms with van der Waals surface area (Å²) in [5, 5.41) is 7.11. The molecule has 33 heavy (non-hydrogen) atoms. The predicted octanol–water partition coefficient (Wildman–Crippen LogP) is 3.17. The van der Waals surface area contributed by atoms with Crippen molar-refractivity contribution in [3.05, 3.63) is 52.8 Å². The van der Waals surface area contributed by atoms with E-state index in [1.54, 1.807) is 10.6 Å². The van der Waals surface area contributed by atoms with Gasteiger partial charge in [0.1, 0.15) is 11.5 Å². The molecule has 172 valence electrons. The number of nitrogens with one attached hydrogen (secondary N) is 1. The number of piperidine rings is 1. The van der Waals surface area contributed by atoms with E-state index in [1.165, 1.54) is 12.3 Å². The van der Waals surface area contributed by atoms with Crippen molar-refractivity contribution in [1.29, 1.82) is 0 Å². The maximum absolute atomic E-state index is 13.3. The van der Waals surface area contributed by atoms with Crippen LogP contribution in [0.4, 0.5) is 20.3 Å². The number of hydrogen-bond donors (Lipinski definition) is 1. The molecule has 2 saturated heterocycles. The van der Waals surface area contributed by atoms with E-state index < -0.39 is 12.3 Å². The number of rotatable bonds is 4. The highest BCUT2D eigenvalue weighted by atomic mass is 35.5. The first-order valence-electron chi connectivity index (χ1n) is 10.7. The second-order valence-electron chi connectivity index (χ2n) is 8.10. The molecule has 0 spiro atoms. The third-order valence-corrected chi connectivity index (χ3v) is 6.56. The molecule has 0 saturated carbocycles. The van der Waals surface area contributed by atoms with E-state index in [4.69, 9.17) is 11.6 Å². The van der Waals surface area contributed by atoms with Gasteiger partial charge in [0.05, 0.1) is 22.8 Å². The standard InChI is InChI=1S/C22H21ClF2N6O2/c23-20-13(14-4-5-18(32)28-22(14)33)2-1-3-16(20)29-8-10-30(11-9-29)19-12-15(21(24)25)27-17-6-7-26-31(17)19/h1-3,6-7,12,14,21H,4-5,8-11H2,(H,28,32,33). The van der Waals surface area contributed by atoms with Crippen LogP contribution in [-0.2, 0) is 9.59 Å². The Morgan fingerprint density at radius 2 is 1.85 bits per heavy atom. The van der Waals surface area contributed by atoms with E-state index in [9.17, 15) is 18.4 Å². The number of anilines is 2. The van der Waals surface area contributed by atoms with Gasteiger partial charge in [0.25, 0.3) is 6.43 Å². The lowest BCUT2D eigenvalue weighted by molar-refractivity contribution is -0.134. The molecule has 4 heterocycles. The lowest BCUT2D eigenvalue weighted by atomic mass is 9.90. The molecule has 2 amide bonds. The van der Waals surface area contributed by atoms with Crippen LogP contribution in [0.1, 0.15) is 36.4 Å². The molecule has 1 aromatic carbocycles. The van der Waals surface area contributed by atoms with Crippen molar-refractivity contribution in [3.63, 3.8) is 0 Å². The van der Waals surface area contributed by atoms with Crippen molar-refractivity contribution >= 4 is 40.6 Å². The summed E-state index contributed by atoms with van der Waals surface area (Å²) in [6, 6.07) is 8.57. The van der Waals surface area contributed by atoms with Crippen LogP contribution in [-0.4, -0.2) is 52.6 Å². The van der Waals surface area contributed by atoms with Gasteiger partial charge in [-0.1, -0.05) is 23.7 Å². The van der Waals surface area contributed by atoms with Crippen LogP contribution in [0.5, 0.6) is 0 Å². The molecule has 1 N–H and O–H groups in total. The maximum atomic E-state index is 13.3. The Labute approximate surface area is 193 Å². The van der Waals surface area contributed by atoms with Gasteiger partial charge in [-0.2, -0.15) is 9.61 Å². The lowest BCUT2D eigenvalue weighted by Crippen LogP contribution is -2.47. The van der Waals surface area contributed by atoms with Crippen molar-refractivity contribution < 1.29 is 18.4 Å². The molecule has 2 fully saturated rings. The number of hydrogen-bond acceptors (Lipinski definition) is 6. The second kappa shape index (κ2) is 8.58. The number of aromatic nitrogens is 3. The highest BCUT2D eigenvalue weighted by Gasteiger charge is 2.31. The zero-order valence-electron chi connectivity index (χ0n) is 17.5. The van der Waals surface area contributed by atoms with Crippen molar-refractivity contribution in [2.45, 2.75) is 25.2 Å². The SMILES string of the molecule is O=C1CCC(c2cccc(N3CCN(c4cc(C(F)F)nc5ccnn45)CC3)c2Cl)C(=O)N1. The van der Waals surface area contributed by atoms with E-state index >= 15 is 0 Å². The largest absolute Gasteiger partial charge is 0.367 e. The summed E-state index contributed by atoms with van der Waals surface area (Å²) in [6.07, 6.45) is -0.420. The van der Waals surface area contributed by atoms with Gasteiger partial charge >= 0.3 is 0 Å². The molecule has 0 bridgehead atoms. The molecule has 0 aliphatic carbocycles. The van der Waals surface area contributed by atoms with Crippen LogP contribution in [0.15, 0.2) is 36.5 Å². The first kappa shape index (κ1) is 21.6. The van der Waals surface area contributed by atoms with Crippen LogP contribution in [0, 0.1) is 0 Å². The summed E-state index contributed by atoms with van der Waals surface area (Å²) in [6.45, 7) is 2.35. The Hall–Kier alpha value is -3.27. The van der Waals surface area contributed by atoms with Gasteiger partial charge < -0.3 is 9.80 Å². The topological polar surface area (TPSA) is 82.8 Å². The van der Waals surface area contributed by atoms with E-state index in [1.807, 2.05) is 23.1 Å². The zero-order chi connectivity index (χ0) is 23.1. The number of fused-ring (bicyclic) bond motifs is 1. The Bertz CT molecular complexity index is 1220. The first-order chi connectivity index (χ1) is 15.9. The molecule has 3 aromatic rings. The molecule has 2 aromatic heterocycles. The van der Waals surface area contributed by atoms with Crippen LogP contribution in [0.2, 0.25) is 5.02 Å². The minimum Gasteiger partial charge on any atom is -0.367 e. The van der Waals surface area contributed by atoms with E-state index in [0.717, 1.165) is 5.69 Å². The van der Waals surface area contributed by atoms with Gasteiger partial charge in [0, 0.05) is 44.7 Å². The molecule has 11 heteroatoms. The quantitative estimate of drug-likeness (QED) is 0.585. The fourth-order valence-electron chi connectivity index (χ4n) is 4.47. The number of halogens is 3. The molecule has 1 atom stereocenters. The molecule has 8 nitrogen and oxygen atoms in total. The predicted molar refractivity (Wildman–Crippen MR) is 119 cm³/mol. The van der Waals surface area contributed by atoms with Crippen LogP contribution in [0.25, 0.3) is 5.65 Å².